The molecule has 0 atom stereocenters. The van der Waals surface area contributed by atoms with Gasteiger partial charge in [-0.1, -0.05) is 60.7 Å². The van der Waals surface area contributed by atoms with Crippen molar-refractivity contribution in [2.75, 3.05) is 5.73 Å². The van der Waals surface area contributed by atoms with Crippen LogP contribution < -0.4 is 5.73 Å². The highest BCUT2D eigenvalue weighted by Gasteiger charge is 2.11. The first-order chi connectivity index (χ1) is 10.3. The molecule has 3 aromatic carbocycles. The molecule has 0 bridgehead atoms. The minimum atomic E-state index is 0.613. The topological polar surface area (TPSA) is 49.8 Å². The number of nitrogen functional groups attached to an aromatic ring is 1. The molecule has 3 rings (SSSR count). The largest absolute Gasteiger partial charge is 0.398 e. The molecule has 2 heteroatoms. The quantitative estimate of drug-likeness (QED) is 0.698. The van der Waals surface area contributed by atoms with Gasteiger partial charge in [-0.05, 0) is 23.3 Å². The molecule has 0 heterocycles. The maximum Gasteiger partial charge on any atom is 0.0992 e. The van der Waals surface area contributed by atoms with Gasteiger partial charge < -0.3 is 5.73 Å². The number of nitrogens with two attached hydrogens (primary N) is 1. The Kier molecular flexibility index (Phi) is 3.41. The molecule has 2 nitrogen and oxygen atoms in total. The Balaban J connectivity index is 2.26. The predicted octanol–water partition coefficient (Wildman–Crippen LogP) is 4.47. The lowest BCUT2D eigenvalue weighted by atomic mass is 9.94. The smallest absolute Gasteiger partial charge is 0.0992 e. The SMILES string of the molecule is N#Cc1cc(-c2ccccc2)c(N)c(-c2ccccc2)c1. The number of anilines is 1. The summed E-state index contributed by atoms with van der Waals surface area (Å²) in [7, 11) is 0. The third-order valence-corrected chi connectivity index (χ3v) is 3.48. The fourth-order valence-electron chi connectivity index (χ4n) is 2.43. The molecule has 0 saturated carbocycles. The highest BCUT2D eigenvalue weighted by molar-refractivity contribution is 5.90. The zero-order chi connectivity index (χ0) is 14.7. The fourth-order valence-corrected chi connectivity index (χ4v) is 2.43. The van der Waals surface area contributed by atoms with Gasteiger partial charge in [-0.25, -0.2) is 0 Å². The lowest BCUT2D eigenvalue weighted by molar-refractivity contribution is 1.48. The van der Waals surface area contributed by atoms with Gasteiger partial charge in [-0.2, -0.15) is 5.26 Å². The van der Waals surface area contributed by atoms with Crippen LogP contribution >= 0.6 is 0 Å². The molecule has 0 aliphatic carbocycles. The minimum absolute atomic E-state index is 0.613. The van der Waals surface area contributed by atoms with Gasteiger partial charge in [0, 0.05) is 16.8 Å². The van der Waals surface area contributed by atoms with Crippen molar-refractivity contribution in [1.82, 2.24) is 0 Å². The van der Waals surface area contributed by atoms with Crippen molar-refractivity contribution in [1.29, 1.82) is 5.26 Å². The highest BCUT2D eigenvalue weighted by Crippen LogP contribution is 2.35. The molecule has 0 fully saturated rings. The normalized spacial score (nSPS) is 10.0. The lowest BCUT2D eigenvalue weighted by Gasteiger charge is -2.12. The molecule has 0 aliphatic rings. The monoisotopic (exact) mass is 270 g/mol. The lowest BCUT2D eigenvalue weighted by Crippen LogP contribution is -1.96. The summed E-state index contributed by atoms with van der Waals surface area (Å²) >= 11 is 0. The number of hydrogen-bond donors (Lipinski definition) is 1. The number of hydrogen-bond acceptors (Lipinski definition) is 2. The Morgan fingerprint density at radius 3 is 1.52 bits per heavy atom. The fraction of sp³-hybridized carbons (Fsp3) is 0. The second-order valence-electron chi connectivity index (χ2n) is 4.83. The first kappa shape index (κ1) is 13.0. The third-order valence-electron chi connectivity index (χ3n) is 3.48. The third kappa shape index (κ3) is 2.50. The van der Waals surface area contributed by atoms with Crippen molar-refractivity contribution >= 4 is 5.69 Å². The summed E-state index contributed by atoms with van der Waals surface area (Å²) in [4.78, 5) is 0. The minimum Gasteiger partial charge on any atom is -0.398 e. The summed E-state index contributed by atoms with van der Waals surface area (Å²) in [5.41, 5.74) is 11.5. The molecular weight excluding hydrogens is 256 g/mol. The van der Waals surface area contributed by atoms with E-state index in [9.17, 15) is 5.26 Å². The van der Waals surface area contributed by atoms with Crippen LogP contribution in [0.5, 0.6) is 0 Å². The summed E-state index contributed by atoms with van der Waals surface area (Å²) in [6.07, 6.45) is 0. The molecule has 0 saturated heterocycles. The highest BCUT2D eigenvalue weighted by atomic mass is 14.6. The van der Waals surface area contributed by atoms with Crippen molar-refractivity contribution < 1.29 is 0 Å². The Hall–Kier alpha value is -3.05. The van der Waals surface area contributed by atoms with E-state index in [2.05, 4.69) is 6.07 Å². The maximum atomic E-state index is 9.28. The van der Waals surface area contributed by atoms with Gasteiger partial charge >= 0.3 is 0 Å². The molecule has 0 radical (unpaired) electrons. The van der Waals surface area contributed by atoms with Crippen LogP contribution in [0.15, 0.2) is 72.8 Å². The van der Waals surface area contributed by atoms with E-state index in [0.29, 0.717) is 11.3 Å². The van der Waals surface area contributed by atoms with Crippen LogP contribution in [0.4, 0.5) is 5.69 Å². The zero-order valence-electron chi connectivity index (χ0n) is 11.5. The summed E-state index contributed by atoms with van der Waals surface area (Å²) in [5, 5.41) is 9.28. The van der Waals surface area contributed by atoms with Crippen LogP contribution in [0.25, 0.3) is 22.3 Å². The molecule has 3 aromatic rings. The number of benzene rings is 3. The zero-order valence-corrected chi connectivity index (χ0v) is 11.5. The Morgan fingerprint density at radius 1 is 0.714 bits per heavy atom. The average Bonchev–Trinajstić information content (AvgIpc) is 2.57. The summed E-state index contributed by atoms with van der Waals surface area (Å²) < 4.78 is 0. The molecule has 0 aliphatic heterocycles. The molecule has 0 aromatic heterocycles. The van der Waals surface area contributed by atoms with E-state index in [4.69, 9.17) is 5.73 Å². The van der Waals surface area contributed by atoms with Crippen molar-refractivity contribution in [3.63, 3.8) is 0 Å². The van der Waals surface area contributed by atoms with Crippen LogP contribution in [-0.4, -0.2) is 0 Å². The first-order valence-electron chi connectivity index (χ1n) is 6.74. The second kappa shape index (κ2) is 5.52. The molecule has 0 unspecified atom stereocenters. The maximum absolute atomic E-state index is 9.28. The van der Waals surface area contributed by atoms with Crippen LogP contribution in [0.1, 0.15) is 5.56 Å². The molecule has 0 spiro atoms. The molecule has 2 N–H and O–H groups in total. The van der Waals surface area contributed by atoms with Gasteiger partial charge in [0.1, 0.15) is 0 Å². The molecule has 0 amide bonds. The van der Waals surface area contributed by atoms with Crippen LogP contribution in [0, 0.1) is 11.3 Å². The van der Waals surface area contributed by atoms with Crippen molar-refractivity contribution in [3.8, 4) is 28.3 Å². The van der Waals surface area contributed by atoms with Crippen molar-refractivity contribution in [2.24, 2.45) is 0 Å². The van der Waals surface area contributed by atoms with Crippen LogP contribution in [0.2, 0.25) is 0 Å². The number of nitriles is 1. The molecule has 21 heavy (non-hydrogen) atoms. The average molecular weight is 270 g/mol. The van der Waals surface area contributed by atoms with E-state index in [-0.39, 0.29) is 0 Å². The Labute approximate surface area is 124 Å². The summed E-state index contributed by atoms with van der Waals surface area (Å²) in [5.74, 6) is 0. The van der Waals surface area contributed by atoms with Gasteiger partial charge in [0.25, 0.3) is 0 Å². The van der Waals surface area contributed by atoms with E-state index in [1.807, 2.05) is 72.8 Å². The van der Waals surface area contributed by atoms with Crippen LogP contribution in [-0.2, 0) is 0 Å². The summed E-state index contributed by atoms with van der Waals surface area (Å²) in [6, 6.07) is 25.7. The van der Waals surface area contributed by atoms with Gasteiger partial charge in [0.15, 0.2) is 0 Å². The van der Waals surface area contributed by atoms with Gasteiger partial charge in [-0.15, -0.1) is 0 Å². The first-order valence-corrected chi connectivity index (χ1v) is 6.74. The number of nitrogens with zero attached hydrogens (tertiary/aromatic N) is 1. The van der Waals surface area contributed by atoms with Crippen molar-refractivity contribution in [3.05, 3.63) is 78.4 Å². The number of rotatable bonds is 2. The van der Waals surface area contributed by atoms with E-state index in [1.165, 1.54) is 0 Å². The van der Waals surface area contributed by atoms with E-state index >= 15 is 0 Å². The summed E-state index contributed by atoms with van der Waals surface area (Å²) in [6.45, 7) is 0. The van der Waals surface area contributed by atoms with E-state index in [1.54, 1.807) is 0 Å². The van der Waals surface area contributed by atoms with Crippen molar-refractivity contribution in [2.45, 2.75) is 0 Å². The van der Waals surface area contributed by atoms with Crippen LogP contribution in [0.3, 0.4) is 0 Å². The van der Waals surface area contributed by atoms with Gasteiger partial charge in [-0.3, -0.25) is 0 Å². The predicted molar refractivity (Wildman–Crippen MR) is 86.4 cm³/mol. The van der Waals surface area contributed by atoms with E-state index < -0.39 is 0 Å². The Bertz CT molecular complexity index is 739. The van der Waals surface area contributed by atoms with E-state index in [0.717, 1.165) is 22.3 Å². The molecular formula is C19H14N2. The standard InChI is InChI=1S/C19H14N2/c20-13-14-11-17(15-7-3-1-4-8-15)19(21)18(12-14)16-9-5-2-6-10-16/h1-12H,21H2. The van der Waals surface area contributed by atoms with Gasteiger partial charge in [0.2, 0.25) is 0 Å². The van der Waals surface area contributed by atoms with Gasteiger partial charge in [0.05, 0.1) is 11.6 Å². The Morgan fingerprint density at radius 2 is 1.14 bits per heavy atom. The second-order valence-corrected chi connectivity index (χ2v) is 4.83. The molecule has 100 valence electrons.